The molecule has 0 fully saturated rings. The van der Waals surface area contributed by atoms with Crippen LogP contribution < -0.4 is 0 Å². The molecule has 1 atom stereocenters. The van der Waals surface area contributed by atoms with Crippen molar-refractivity contribution in [1.82, 2.24) is 4.98 Å². The maximum Gasteiger partial charge on any atom is 0.417 e. The molecule has 1 heterocycles. The van der Waals surface area contributed by atoms with Gasteiger partial charge in [0.15, 0.2) is 0 Å². The van der Waals surface area contributed by atoms with Gasteiger partial charge in [0.2, 0.25) is 0 Å². The summed E-state index contributed by atoms with van der Waals surface area (Å²) in [5.41, 5.74) is -0.502. The number of aliphatic hydroxyl groups excluding tert-OH is 1. The summed E-state index contributed by atoms with van der Waals surface area (Å²) >= 11 is 0.875. The first-order valence-electron chi connectivity index (χ1n) is 5.96. The highest BCUT2D eigenvalue weighted by atomic mass is 32.2. The predicted molar refractivity (Wildman–Crippen MR) is 70.4 cm³/mol. The summed E-state index contributed by atoms with van der Waals surface area (Å²) < 4.78 is 51.1. The number of aromatic nitrogens is 1. The third-order valence-corrected chi connectivity index (χ3v) is 3.80. The first kappa shape index (κ1) is 15.8. The molecule has 2 rings (SSSR count). The molecule has 2 aromatic rings. The van der Waals surface area contributed by atoms with Crippen LogP contribution >= 0.6 is 11.8 Å². The minimum atomic E-state index is -4.46. The van der Waals surface area contributed by atoms with Gasteiger partial charge in [0.05, 0.1) is 16.6 Å². The van der Waals surface area contributed by atoms with E-state index in [0.717, 1.165) is 17.8 Å². The van der Waals surface area contributed by atoms with Crippen LogP contribution in [-0.4, -0.2) is 10.1 Å². The van der Waals surface area contributed by atoms with Crippen molar-refractivity contribution >= 4 is 11.8 Å². The second-order valence-corrected chi connectivity index (χ2v) is 5.35. The summed E-state index contributed by atoms with van der Waals surface area (Å²) in [6, 6.07) is 6.30. The van der Waals surface area contributed by atoms with Gasteiger partial charge < -0.3 is 5.11 Å². The van der Waals surface area contributed by atoms with Crippen molar-refractivity contribution in [1.29, 1.82) is 0 Å². The summed E-state index contributed by atoms with van der Waals surface area (Å²) in [5.74, 6) is -0.555. The number of alkyl halides is 3. The van der Waals surface area contributed by atoms with Crippen LogP contribution in [0.15, 0.2) is 46.5 Å². The van der Waals surface area contributed by atoms with Crippen LogP contribution in [0.3, 0.4) is 0 Å². The van der Waals surface area contributed by atoms with E-state index in [-0.39, 0.29) is 9.92 Å². The Morgan fingerprint density at radius 2 is 1.90 bits per heavy atom. The highest BCUT2D eigenvalue weighted by Gasteiger charge is 2.30. The second kappa shape index (κ2) is 6.03. The number of hydrogen-bond donors (Lipinski definition) is 1. The molecule has 7 heteroatoms. The SMILES string of the molecule is CC(O)c1cccc(F)c1Sc1ccc(C(F)(F)F)cn1. The molecule has 0 radical (unpaired) electrons. The predicted octanol–water partition coefficient (Wildman–Crippen LogP) is 4.44. The molecular weight excluding hydrogens is 306 g/mol. The number of aliphatic hydroxyl groups is 1. The summed E-state index contributed by atoms with van der Waals surface area (Å²) in [5, 5.41) is 9.83. The van der Waals surface area contributed by atoms with Gasteiger partial charge >= 0.3 is 6.18 Å². The average Bonchev–Trinajstić information content (AvgIpc) is 2.40. The molecule has 0 aliphatic heterocycles. The zero-order chi connectivity index (χ0) is 15.6. The fourth-order valence-electron chi connectivity index (χ4n) is 1.68. The third kappa shape index (κ3) is 3.74. The van der Waals surface area contributed by atoms with Crippen molar-refractivity contribution < 1.29 is 22.7 Å². The average molecular weight is 317 g/mol. The van der Waals surface area contributed by atoms with E-state index in [1.165, 1.54) is 25.1 Å². The summed E-state index contributed by atoms with van der Waals surface area (Å²) in [4.78, 5) is 3.83. The van der Waals surface area contributed by atoms with Crippen molar-refractivity contribution in [3.05, 3.63) is 53.5 Å². The molecule has 0 saturated heterocycles. The van der Waals surface area contributed by atoms with Crippen LogP contribution in [0.5, 0.6) is 0 Å². The molecule has 1 aromatic carbocycles. The molecular formula is C14H11F4NOS. The molecule has 0 amide bonds. The zero-order valence-corrected chi connectivity index (χ0v) is 11.7. The zero-order valence-electron chi connectivity index (χ0n) is 10.9. The van der Waals surface area contributed by atoms with Gasteiger partial charge in [0.25, 0.3) is 0 Å². The maximum absolute atomic E-state index is 13.8. The lowest BCUT2D eigenvalue weighted by atomic mass is 10.1. The quantitative estimate of drug-likeness (QED) is 0.849. The van der Waals surface area contributed by atoms with Gasteiger partial charge in [-0.25, -0.2) is 9.37 Å². The van der Waals surface area contributed by atoms with Gasteiger partial charge in [-0.15, -0.1) is 0 Å². The van der Waals surface area contributed by atoms with E-state index < -0.39 is 23.7 Å². The Bertz CT molecular complexity index is 626. The number of halogens is 4. The molecule has 21 heavy (non-hydrogen) atoms. The molecule has 0 bridgehead atoms. The summed E-state index contributed by atoms with van der Waals surface area (Å²) in [6.45, 7) is 1.49. The number of hydrogen-bond acceptors (Lipinski definition) is 3. The Balaban J connectivity index is 2.31. The van der Waals surface area contributed by atoms with Gasteiger partial charge in [-0.05, 0) is 30.7 Å². The Kier molecular flexibility index (Phi) is 4.53. The van der Waals surface area contributed by atoms with E-state index in [9.17, 15) is 22.7 Å². The molecule has 0 spiro atoms. The standard InChI is InChI=1S/C14H11F4NOS/c1-8(20)10-3-2-4-11(15)13(10)21-12-6-5-9(7-19-12)14(16,17)18/h2-8,20H,1H3. The van der Waals surface area contributed by atoms with Gasteiger partial charge in [0.1, 0.15) is 10.8 Å². The van der Waals surface area contributed by atoms with Crippen molar-refractivity contribution in [2.75, 3.05) is 0 Å². The molecule has 2 nitrogen and oxygen atoms in total. The largest absolute Gasteiger partial charge is 0.417 e. The van der Waals surface area contributed by atoms with Crippen LogP contribution in [0.25, 0.3) is 0 Å². The number of benzene rings is 1. The van der Waals surface area contributed by atoms with Crippen molar-refractivity contribution in [2.24, 2.45) is 0 Å². The Hall–Kier alpha value is -1.60. The van der Waals surface area contributed by atoms with Crippen LogP contribution in [0.4, 0.5) is 17.6 Å². The topological polar surface area (TPSA) is 33.1 Å². The number of rotatable bonds is 3. The molecule has 0 aliphatic rings. The summed E-state index contributed by atoms with van der Waals surface area (Å²) in [7, 11) is 0. The Morgan fingerprint density at radius 3 is 2.43 bits per heavy atom. The lowest BCUT2D eigenvalue weighted by Crippen LogP contribution is -2.05. The second-order valence-electron chi connectivity index (χ2n) is 4.32. The fraction of sp³-hybridized carbons (Fsp3) is 0.214. The van der Waals surface area contributed by atoms with Crippen molar-refractivity contribution in [3.63, 3.8) is 0 Å². The fourth-order valence-corrected chi connectivity index (χ4v) is 2.65. The molecule has 0 aliphatic carbocycles. The lowest BCUT2D eigenvalue weighted by Gasteiger charge is -2.12. The Labute approximate surface area is 122 Å². The van der Waals surface area contributed by atoms with Gasteiger partial charge in [-0.3, -0.25) is 0 Å². The van der Waals surface area contributed by atoms with Crippen LogP contribution in [0.2, 0.25) is 0 Å². The third-order valence-electron chi connectivity index (χ3n) is 2.72. The molecule has 0 saturated carbocycles. The van der Waals surface area contributed by atoms with Crippen molar-refractivity contribution in [2.45, 2.75) is 29.1 Å². The Morgan fingerprint density at radius 1 is 1.19 bits per heavy atom. The van der Waals surface area contributed by atoms with Crippen LogP contribution in [0.1, 0.15) is 24.2 Å². The van der Waals surface area contributed by atoms with E-state index in [1.54, 1.807) is 6.07 Å². The first-order valence-corrected chi connectivity index (χ1v) is 6.78. The minimum Gasteiger partial charge on any atom is -0.389 e. The van der Waals surface area contributed by atoms with Gasteiger partial charge in [0, 0.05) is 6.20 Å². The van der Waals surface area contributed by atoms with E-state index in [2.05, 4.69) is 4.98 Å². The van der Waals surface area contributed by atoms with Crippen LogP contribution in [0, 0.1) is 5.82 Å². The summed E-state index contributed by atoms with van der Waals surface area (Å²) in [6.07, 6.45) is -4.65. The highest BCUT2D eigenvalue weighted by Crippen LogP contribution is 2.35. The highest BCUT2D eigenvalue weighted by molar-refractivity contribution is 7.99. The normalized spacial score (nSPS) is 13.2. The smallest absolute Gasteiger partial charge is 0.389 e. The number of nitrogens with zero attached hydrogens (tertiary/aromatic N) is 1. The van der Waals surface area contributed by atoms with Crippen LogP contribution in [-0.2, 0) is 6.18 Å². The van der Waals surface area contributed by atoms with E-state index in [0.29, 0.717) is 11.8 Å². The molecule has 1 unspecified atom stereocenters. The molecule has 112 valence electrons. The first-order chi connectivity index (χ1) is 9.79. The molecule has 1 N–H and O–H groups in total. The number of pyridine rings is 1. The van der Waals surface area contributed by atoms with E-state index in [4.69, 9.17) is 0 Å². The molecule has 1 aromatic heterocycles. The minimum absolute atomic E-state index is 0.153. The van der Waals surface area contributed by atoms with E-state index >= 15 is 0 Å². The van der Waals surface area contributed by atoms with Gasteiger partial charge in [-0.1, -0.05) is 23.9 Å². The van der Waals surface area contributed by atoms with E-state index in [1.807, 2.05) is 0 Å². The monoisotopic (exact) mass is 317 g/mol. The van der Waals surface area contributed by atoms with Crippen molar-refractivity contribution in [3.8, 4) is 0 Å². The van der Waals surface area contributed by atoms with Gasteiger partial charge in [-0.2, -0.15) is 13.2 Å². The lowest BCUT2D eigenvalue weighted by molar-refractivity contribution is -0.137. The maximum atomic E-state index is 13.8.